The highest BCUT2D eigenvalue weighted by atomic mass is 16.5. The molecule has 0 atom stereocenters. The fourth-order valence-electron chi connectivity index (χ4n) is 2.80. The summed E-state index contributed by atoms with van der Waals surface area (Å²) >= 11 is 0. The molecule has 0 saturated carbocycles. The van der Waals surface area contributed by atoms with Gasteiger partial charge < -0.3 is 14.8 Å². The van der Waals surface area contributed by atoms with Gasteiger partial charge in [-0.1, -0.05) is 18.2 Å². The predicted octanol–water partition coefficient (Wildman–Crippen LogP) is 4.10. The maximum absolute atomic E-state index is 10.1. The van der Waals surface area contributed by atoms with Crippen molar-refractivity contribution in [3.05, 3.63) is 54.7 Å². The van der Waals surface area contributed by atoms with E-state index in [4.69, 9.17) is 4.74 Å². The first-order valence-electron chi connectivity index (χ1n) is 7.01. The van der Waals surface area contributed by atoms with Crippen molar-refractivity contribution in [2.45, 2.75) is 0 Å². The fourth-order valence-corrected chi connectivity index (χ4v) is 2.80. The lowest BCUT2D eigenvalue weighted by atomic mass is 10.0. The monoisotopic (exact) mass is 290 g/mol. The summed E-state index contributed by atoms with van der Waals surface area (Å²) in [6, 6.07) is 15.7. The van der Waals surface area contributed by atoms with E-state index >= 15 is 0 Å². The Balaban J connectivity index is 2.06. The van der Waals surface area contributed by atoms with Crippen LogP contribution in [0.1, 0.15) is 0 Å². The van der Waals surface area contributed by atoms with E-state index in [-0.39, 0.29) is 5.75 Å². The number of aromatic amines is 1. The summed E-state index contributed by atoms with van der Waals surface area (Å²) < 4.78 is 5.20. The zero-order valence-corrected chi connectivity index (χ0v) is 12.0. The Kier molecular flexibility index (Phi) is 2.76. The number of para-hydroxylation sites is 1. The molecule has 2 aromatic heterocycles. The summed E-state index contributed by atoms with van der Waals surface area (Å²) in [5.41, 5.74) is 3.51. The first kappa shape index (κ1) is 12.7. The smallest absolute Gasteiger partial charge is 0.158 e. The number of nitrogens with one attached hydrogen (secondary N) is 1. The van der Waals surface area contributed by atoms with Crippen molar-refractivity contribution >= 4 is 21.8 Å². The average Bonchev–Trinajstić information content (AvgIpc) is 2.96. The summed E-state index contributed by atoms with van der Waals surface area (Å²) in [4.78, 5) is 7.71. The average molecular weight is 290 g/mol. The molecule has 0 saturated heterocycles. The Labute approximate surface area is 127 Å². The quantitative estimate of drug-likeness (QED) is 0.584. The van der Waals surface area contributed by atoms with Gasteiger partial charge in [0.1, 0.15) is 5.75 Å². The number of nitrogens with zero attached hydrogens (tertiary/aromatic N) is 1. The van der Waals surface area contributed by atoms with E-state index in [2.05, 4.69) is 9.97 Å². The van der Waals surface area contributed by atoms with Gasteiger partial charge in [0.2, 0.25) is 0 Å². The molecule has 2 N–H and O–H groups in total. The van der Waals surface area contributed by atoms with Gasteiger partial charge in [-0.15, -0.1) is 0 Å². The van der Waals surface area contributed by atoms with Gasteiger partial charge in [-0.25, -0.2) is 0 Å². The summed E-state index contributed by atoms with van der Waals surface area (Å²) in [5.74, 6) is 0.959. The minimum atomic E-state index is 0.156. The molecule has 0 amide bonds. The van der Waals surface area contributed by atoms with Crippen LogP contribution in [-0.4, -0.2) is 22.2 Å². The van der Waals surface area contributed by atoms with E-state index < -0.39 is 0 Å². The van der Waals surface area contributed by atoms with Crippen LogP contribution >= 0.6 is 0 Å². The second kappa shape index (κ2) is 4.77. The number of benzene rings is 2. The molecule has 108 valence electrons. The summed E-state index contributed by atoms with van der Waals surface area (Å²) in [6.45, 7) is 0. The van der Waals surface area contributed by atoms with Crippen molar-refractivity contribution in [3.63, 3.8) is 0 Å². The lowest BCUT2D eigenvalue weighted by molar-refractivity contribution is 0.415. The van der Waals surface area contributed by atoms with Crippen LogP contribution in [0, 0.1) is 0 Å². The van der Waals surface area contributed by atoms with Crippen LogP contribution in [0.2, 0.25) is 0 Å². The number of aromatic nitrogens is 2. The first-order chi connectivity index (χ1) is 10.8. The van der Waals surface area contributed by atoms with E-state index in [1.54, 1.807) is 7.11 Å². The second-order valence-electron chi connectivity index (χ2n) is 5.14. The third kappa shape index (κ3) is 1.81. The molecule has 0 spiro atoms. The number of H-pyrrole nitrogens is 1. The van der Waals surface area contributed by atoms with E-state index in [1.165, 1.54) is 6.20 Å². The second-order valence-corrected chi connectivity index (χ2v) is 5.14. The van der Waals surface area contributed by atoms with Gasteiger partial charge in [0, 0.05) is 21.9 Å². The first-order valence-corrected chi connectivity index (χ1v) is 7.01. The number of hydrogen-bond acceptors (Lipinski definition) is 3. The third-order valence-corrected chi connectivity index (χ3v) is 3.88. The zero-order valence-electron chi connectivity index (χ0n) is 12.0. The van der Waals surface area contributed by atoms with Gasteiger partial charge in [-0.05, 0) is 30.3 Å². The number of hydrogen-bond donors (Lipinski definition) is 2. The van der Waals surface area contributed by atoms with Crippen molar-refractivity contribution < 1.29 is 9.84 Å². The van der Waals surface area contributed by atoms with Crippen LogP contribution in [0.15, 0.2) is 54.7 Å². The van der Waals surface area contributed by atoms with E-state index in [1.807, 2.05) is 48.5 Å². The highest BCUT2D eigenvalue weighted by molar-refractivity contribution is 6.14. The van der Waals surface area contributed by atoms with Gasteiger partial charge in [0.05, 0.1) is 24.5 Å². The Morgan fingerprint density at radius 1 is 1.05 bits per heavy atom. The number of ether oxygens (including phenoxy) is 1. The Morgan fingerprint density at radius 2 is 1.82 bits per heavy atom. The molecule has 0 aliphatic rings. The molecular formula is C18H14N2O2. The lowest BCUT2D eigenvalue weighted by Crippen LogP contribution is -1.87. The maximum Gasteiger partial charge on any atom is 0.158 e. The van der Waals surface area contributed by atoms with Crippen LogP contribution < -0.4 is 4.74 Å². The molecule has 0 aliphatic carbocycles. The van der Waals surface area contributed by atoms with Crippen molar-refractivity contribution in [2.24, 2.45) is 0 Å². The maximum atomic E-state index is 10.1. The topological polar surface area (TPSA) is 58.1 Å². The van der Waals surface area contributed by atoms with Crippen LogP contribution in [-0.2, 0) is 0 Å². The minimum Gasteiger partial charge on any atom is -0.504 e. The molecule has 4 aromatic rings. The van der Waals surface area contributed by atoms with Crippen molar-refractivity contribution in [1.82, 2.24) is 9.97 Å². The molecule has 0 radical (unpaired) electrons. The summed E-state index contributed by atoms with van der Waals surface area (Å²) in [5, 5.41) is 12.1. The molecule has 0 bridgehead atoms. The Morgan fingerprint density at radius 3 is 2.59 bits per heavy atom. The SMILES string of the molecule is COc1ccc(-c2ncc(O)c3[nH]c4ccccc4c23)cc1. The highest BCUT2D eigenvalue weighted by Crippen LogP contribution is 2.37. The number of fused-ring (bicyclic) bond motifs is 3. The summed E-state index contributed by atoms with van der Waals surface area (Å²) in [6.07, 6.45) is 1.48. The largest absolute Gasteiger partial charge is 0.504 e. The molecule has 4 rings (SSSR count). The molecular weight excluding hydrogens is 276 g/mol. The molecule has 0 unspecified atom stereocenters. The lowest BCUT2D eigenvalue weighted by Gasteiger charge is -2.06. The van der Waals surface area contributed by atoms with Crippen LogP contribution in [0.4, 0.5) is 0 Å². The molecule has 0 fully saturated rings. The molecule has 22 heavy (non-hydrogen) atoms. The van der Waals surface area contributed by atoms with Gasteiger partial charge in [0.15, 0.2) is 5.75 Å². The number of rotatable bonds is 2. The van der Waals surface area contributed by atoms with E-state index in [0.29, 0.717) is 5.52 Å². The van der Waals surface area contributed by atoms with Crippen molar-refractivity contribution in [2.75, 3.05) is 7.11 Å². The highest BCUT2D eigenvalue weighted by Gasteiger charge is 2.14. The van der Waals surface area contributed by atoms with Crippen molar-refractivity contribution in [3.8, 4) is 22.8 Å². The van der Waals surface area contributed by atoms with Gasteiger partial charge in [-0.2, -0.15) is 0 Å². The molecule has 2 aromatic carbocycles. The van der Waals surface area contributed by atoms with Crippen LogP contribution in [0.25, 0.3) is 33.1 Å². The van der Waals surface area contributed by atoms with Crippen LogP contribution in [0.3, 0.4) is 0 Å². The molecule has 0 aliphatic heterocycles. The van der Waals surface area contributed by atoms with Gasteiger partial charge in [0.25, 0.3) is 0 Å². The van der Waals surface area contributed by atoms with Crippen LogP contribution in [0.5, 0.6) is 11.5 Å². The number of pyridine rings is 1. The Bertz CT molecular complexity index is 972. The third-order valence-electron chi connectivity index (χ3n) is 3.88. The predicted molar refractivity (Wildman–Crippen MR) is 87.3 cm³/mol. The number of aromatic hydroxyl groups is 1. The van der Waals surface area contributed by atoms with E-state index in [0.717, 1.165) is 33.3 Å². The number of methoxy groups -OCH3 is 1. The fraction of sp³-hybridized carbons (Fsp3) is 0.0556. The Hall–Kier alpha value is -3.01. The minimum absolute atomic E-state index is 0.156. The normalized spacial score (nSPS) is 11.1. The van der Waals surface area contributed by atoms with Crippen molar-refractivity contribution in [1.29, 1.82) is 0 Å². The zero-order chi connectivity index (χ0) is 15.1. The van der Waals surface area contributed by atoms with Gasteiger partial charge >= 0.3 is 0 Å². The summed E-state index contributed by atoms with van der Waals surface area (Å²) in [7, 11) is 1.64. The molecule has 4 nitrogen and oxygen atoms in total. The van der Waals surface area contributed by atoms with E-state index in [9.17, 15) is 5.11 Å². The molecule has 2 heterocycles. The standard InChI is InChI=1S/C18H14N2O2/c1-22-12-8-6-11(7-9-12)17-16-13-4-2-3-5-14(13)20-18(16)15(21)10-19-17/h2-10,20-21H,1H3. The van der Waals surface area contributed by atoms with Gasteiger partial charge in [-0.3, -0.25) is 4.98 Å². The molecule has 4 heteroatoms.